The third-order valence-electron chi connectivity index (χ3n) is 5.10. The lowest BCUT2D eigenvalue weighted by atomic mass is 10.0. The minimum Gasteiger partial charge on any atom is -0.462 e. The van der Waals surface area contributed by atoms with Crippen LogP contribution >= 0.6 is 0 Å². The van der Waals surface area contributed by atoms with E-state index >= 15 is 0 Å². The maximum Gasteiger partial charge on any atom is 0.338 e. The molecule has 32 heavy (non-hydrogen) atoms. The van der Waals surface area contributed by atoms with Crippen molar-refractivity contribution in [3.63, 3.8) is 0 Å². The predicted molar refractivity (Wildman–Crippen MR) is 131 cm³/mol. The van der Waals surface area contributed by atoms with Gasteiger partial charge in [-0.3, -0.25) is 0 Å². The summed E-state index contributed by atoms with van der Waals surface area (Å²) in [4.78, 5) is 11.8. The Balaban J connectivity index is 1.51. The molecule has 3 heteroatoms. The molecule has 0 saturated carbocycles. The molecule has 0 aliphatic heterocycles. The number of hydrogen-bond acceptors (Lipinski definition) is 3. The number of esters is 1. The van der Waals surface area contributed by atoms with Crippen LogP contribution in [0.25, 0.3) is 17.2 Å². The molecule has 0 saturated heterocycles. The molecule has 0 radical (unpaired) electrons. The van der Waals surface area contributed by atoms with Gasteiger partial charge in [0.15, 0.2) is 0 Å². The van der Waals surface area contributed by atoms with Gasteiger partial charge in [0, 0.05) is 0 Å². The molecule has 3 aromatic carbocycles. The molecule has 0 unspecified atom stereocenters. The van der Waals surface area contributed by atoms with Crippen LogP contribution in [0.3, 0.4) is 0 Å². The van der Waals surface area contributed by atoms with Gasteiger partial charge in [-0.05, 0) is 54.2 Å². The number of ether oxygens (including phenoxy) is 2. The van der Waals surface area contributed by atoms with Crippen LogP contribution in [0.5, 0.6) is 0 Å². The number of benzene rings is 3. The van der Waals surface area contributed by atoms with Crippen molar-refractivity contribution >= 4 is 12.0 Å². The van der Waals surface area contributed by atoms with Crippen LogP contribution in [-0.4, -0.2) is 19.2 Å². The summed E-state index contributed by atoms with van der Waals surface area (Å²) < 4.78 is 11.0. The van der Waals surface area contributed by atoms with E-state index in [0.29, 0.717) is 25.4 Å². The maximum atomic E-state index is 11.8. The molecule has 0 bridgehead atoms. The minimum atomic E-state index is -0.292. The molecule has 0 aliphatic carbocycles. The van der Waals surface area contributed by atoms with Gasteiger partial charge in [0.1, 0.15) is 0 Å². The van der Waals surface area contributed by atoms with Gasteiger partial charge in [0.2, 0.25) is 0 Å². The van der Waals surface area contributed by atoms with Crippen LogP contribution in [0, 0.1) is 0 Å². The van der Waals surface area contributed by atoms with E-state index in [2.05, 4.69) is 61.2 Å². The standard InChI is InChI=1S/C29H30O3/c1-3-8-23(21-24-11-17-28(18-12-24)29(30)32-4-2)19-20-31-22-25-13-15-27(16-14-25)26-9-6-5-7-10-26/h3,5-7,9-18,21H,1,4,8,19-20,22H2,2H3/b23-21+. The summed E-state index contributed by atoms with van der Waals surface area (Å²) in [5, 5.41) is 0. The quantitative estimate of drug-likeness (QED) is 0.186. The van der Waals surface area contributed by atoms with E-state index in [0.717, 1.165) is 24.0 Å². The molecule has 0 N–H and O–H groups in total. The van der Waals surface area contributed by atoms with Crippen LogP contribution in [-0.2, 0) is 16.1 Å². The molecule has 3 aromatic rings. The van der Waals surface area contributed by atoms with Crippen molar-refractivity contribution in [2.45, 2.75) is 26.4 Å². The van der Waals surface area contributed by atoms with Crippen molar-refractivity contribution in [3.8, 4) is 11.1 Å². The summed E-state index contributed by atoms with van der Waals surface area (Å²) in [6.07, 6.45) is 5.66. The maximum absolute atomic E-state index is 11.8. The third-order valence-corrected chi connectivity index (χ3v) is 5.10. The van der Waals surface area contributed by atoms with Gasteiger partial charge in [-0.25, -0.2) is 4.79 Å². The summed E-state index contributed by atoms with van der Waals surface area (Å²) in [6, 6.07) is 26.3. The molecule has 0 fully saturated rings. The van der Waals surface area contributed by atoms with E-state index in [9.17, 15) is 4.79 Å². The van der Waals surface area contributed by atoms with Gasteiger partial charge in [0.05, 0.1) is 25.4 Å². The highest BCUT2D eigenvalue weighted by Crippen LogP contribution is 2.20. The molecular formula is C29H30O3. The zero-order valence-corrected chi connectivity index (χ0v) is 18.6. The average Bonchev–Trinajstić information content (AvgIpc) is 2.83. The Kier molecular flexibility index (Phi) is 9.03. The summed E-state index contributed by atoms with van der Waals surface area (Å²) in [6.45, 7) is 7.27. The summed E-state index contributed by atoms with van der Waals surface area (Å²) in [7, 11) is 0. The van der Waals surface area contributed by atoms with Crippen molar-refractivity contribution < 1.29 is 14.3 Å². The lowest BCUT2D eigenvalue weighted by Crippen LogP contribution is -2.04. The first-order valence-electron chi connectivity index (χ1n) is 11.0. The van der Waals surface area contributed by atoms with E-state index in [-0.39, 0.29) is 5.97 Å². The third kappa shape index (κ3) is 7.07. The molecule has 0 amide bonds. The topological polar surface area (TPSA) is 35.5 Å². The second kappa shape index (κ2) is 12.4. The average molecular weight is 427 g/mol. The summed E-state index contributed by atoms with van der Waals surface area (Å²) in [5.41, 5.74) is 6.44. The molecule has 3 nitrogen and oxygen atoms in total. The molecule has 0 spiro atoms. The van der Waals surface area contributed by atoms with Gasteiger partial charge in [0.25, 0.3) is 0 Å². The number of carbonyl (C=O) groups is 1. The zero-order chi connectivity index (χ0) is 22.6. The Bertz CT molecular complexity index is 1020. The number of allylic oxidation sites excluding steroid dienone is 1. The highest BCUT2D eigenvalue weighted by atomic mass is 16.5. The summed E-state index contributed by atoms with van der Waals surface area (Å²) >= 11 is 0. The fraction of sp³-hybridized carbons (Fsp3) is 0.207. The first kappa shape index (κ1) is 23.2. The van der Waals surface area contributed by atoms with Crippen molar-refractivity contribution in [3.05, 3.63) is 114 Å². The Morgan fingerprint density at radius 1 is 0.906 bits per heavy atom. The normalized spacial score (nSPS) is 11.2. The Hall–Kier alpha value is -3.43. The lowest BCUT2D eigenvalue weighted by molar-refractivity contribution is 0.0526. The molecule has 0 heterocycles. The van der Waals surface area contributed by atoms with Gasteiger partial charge in [-0.2, -0.15) is 0 Å². The van der Waals surface area contributed by atoms with Crippen LogP contribution in [0.4, 0.5) is 0 Å². The highest BCUT2D eigenvalue weighted by molar-refractivity contribution is 5.89. The van der Waals surface area contributed by atoms with E-state index in [1.54, 1.807) is 19.1 Å². The Labute approximate surface area is 191 Å². The minimum absolute atomic E-state index is 0.292. The van der Waals surface area contributed by atoms with Gasteiger partial charge >= 0.3 is 5.97 Å². The van der Waals surface area contributed by atoms with Crippen molar-refractivity contribution in [2.24, 2.45) is 0 Å². The van der Waals surface area contributed by atoms with Crippen LogP contribution in [0.2, 0.25) is 0 Å². The van der Waals surface area contributed by atoms with Gasteiger partial charge in [-0.15, -0.1) is 6.58 Å². The molecule has 164 valence electrons. The monoisotopic (exact) mass is 426 g/mol. The highest BCUT2D eigenvalue weighted by Gasteiger charge is 2.05. The first-order valence-corrected chi connectivity index (χ1v) is 11.0. The van der Waals surface area contributed by atoms with E-state index in [1.165, 1.54) is 16.7 Å². The van der Waals surface area contributed by atoms with Gasteiger partial charge in [-0.1, -0.05) is 84.5 Å². The zero-order valence-electron chi connectivity index (χ0n) is 18.6. The second-order valence-electron chi connectivity index (χ2n) is 7.50. The van der Waals surface area contributed by atoms with Crippen LogP contribution < -0.4 is 0 Å². The SMILES string of the molecule is C=CC/C(=C\c1ccc(C(=O)OCC)cc1)CCOCc1ccc(-c2ccccc2)cc1. The fourth-order valence-electron chi connectivity index (χ4n) is 3.40. The number of hydrogen-bond donors (Lipinski definition) is 0. The number of rotatable bonds is 11. The molecule has 0 aliphatic rings. The molecular weight excluding hydrogens is 396 g/mol. The van der Waals surface area contributed by atoms with E-state index in [4.69, 9.17) is 9.47 Å². The Morgan fingerprint density at radius 2 is 1.59 bits per heavy atom. The number of carbonyl (C=O) groups excluding carboxylic acids is 1. The molecule has 0 aromatic heterocycles. The van der Waals surface area contributed by atoms with E-state index < -0.39 is 0 Å². The van der Waals surface area contributed by atoms with Crippen molar-refractivity contribution in [1.82, 2.24) is 0 Å². The lowest BCUT2D eigenvalue weighted by Gasteiger charge is -2.09. The largest absolute Gasteiger partial charge is 0.462 e. The van der Waals surface area contributed by atoms with Crippen LogP contribution in [0.1, 0.15) is 41.3 Å². The predicted octanol–water partition coefficient (Wildman–Crippen LogP) is 7.10. The Morgan fingerprint density at radius 3 is 2.25 bits per heavy atom. The van der Waals surface area contributed by atoms with Gasteiger partial charge < -0.3 is 9.47 Å². The molecule has 0 atom stereocenters. The molecule has 3 rings (SSSR count). The smallest absolute Gasteiger partial charge is 0.338 e. The van der Waals surface area contributed by atoms with Crippen LogP contribution in [0.15, 0.2) is 97.1 Å². The fourth-order valence-corrected chi connectivity index (χ4v) is 3.40. The summed E-state index contributed by atoms with van der Waals surface area (Å²) in [5.74, 6) is -0.292. The second-order valence-corrected chi connectivity index (χ2v) is 7.50. The van der Waals surface area contributed by atoms with E-state index in [1.807, 2.05) is 24.3 Å². The van der Waals surface area contributed by atoms with Crippen molar-refractivity contribution in [2.75, 3.05) is 13.2 Å². The first-order chi connectivity index (χ1) is 15.7. The van der Waals surface area contributed by atoms with Crippen molar-refractivity contribution in [1.29, 1.82) is 0 Å².